The summed E-state index contributed by atoms with van der Waals surface area (Å²) in [5.41, 5.74) is 12.4. The number of carbonyl (C=O) groups is 2. The number of hydrogen-bond donors (Lipinski definition) is 1. The molecular formula is C88H119BrN16O12. The fourth-order valence-corrected chi connectivity index (χ4v) is 14.3. The molecule has 1 unspecified atom stereocenters. The van der Waals surface area contributed by atoms with Gasteiger partial charge in [-0.05, 0) is 101 Å². The van der Waals surface area contributed by atoms with E-state index in [1.165, 1.54) is 27.9 Å². The summed E-state index contributed by atoms with van der Waals surface area (Å²) in [6, 6.07) is 47.4. The number of fused-ring (bicyclic) bond motifs is 2. The summed E-state index contributed by atoms with van der Waals surface area (Å²) in [4.78, 5) is 31.9. The van der Waals surface area contributed by atoms with E-state index in [9.17, 15) is 14.7 Å². The number of Topliss-reactive ketones (excluding diaryl/α,β-unsaturated/α-hetero) is 1. The lowest BCUT2D eigenvalue weighted by atomic mass is 9.82. The second kappa shape index (κ2) is 49.6. The highest BCUT2D eigenvalue weighted by Gasteiger charge is 2.46. The van der Waals surface area contributed by atoms with Crippen molar-refractivity contribution in [1.82, 2.24) is 73.4 Å². The first-order chi connectivity index (χ1) is 56.8. The third-order valence-corrected chi connectivity index (χ3v) is 21.4. The van der Waals surface area contributed by atoms with Gasteiger partial charge < -0.3 is 47.7 Å². The van der Waals surface area contributed by atoms with E-state index in [0.29, 0.717) is 38.0 Å². The fourth-order valence-electron chi connectivity index (χ4n) is 13.8. The number of carbonyl (C=O) groups excluding carboxylic acids is 2. The van der Waals surface area contributed by atoms with Crippen molar-refractivity contribution in [3.8, 4) is 5.69 Å². The van der Waals surface area contributed by atoms with Crippen molar-refractivity contribution in [2.24, 2.45) is 40.2 Å². The van der Waals surface area contributed by atoms with Crippen LogP contribution < -0.4 is 0 Å². The first-order valence-corrected chi connectivity index (χ1v) is 40.0. The van der Waals surface area contributed by atoms with Crippen molar-refractivity contribution in [2.75, 3.05) is 103 Å². The number of aliphatic hydroxyl groups is 1. The second-order valence-corrected chi connectivity index (χ2v) is 29.3. The predicted molar refractivity (Wildman–Crippen MR) is 454 cm³/mol. The topological polar surface area (TPSA) is 266 Å². The Bertz CT molecular complexity index is 4470. The minimum absolute atomic E-state index is 0.173. The zero-order valence-corrected chi connectivity index (χ0v) is 71.7. The Morgan fingerprint density at radius 3 is 1.47 bits per heavy atom. The first kappa shape index (κ1) is 92.9. The quantitative estimate of drug-likeness (QED) is 0.0334. The number of halogens is 1. The molecule has 4 aromatic carbocycles. The zero-order chi connectivity index (χ0) is 83.8. The van der Waals surface area contributed by atoms with E-state index in [-0.39, 0.29) is 30.8 Å². The molecule has 1 spiro atoms. The summed E-state index contributed by atoms with van der Waals surface area (Å²) in [5, 5.41) is 36.4. The van der Waals surface area contributed by atoms with Gasteiger partial charge in [0.05, 0.1) is 65.7 Å². The fraction of sp³-hybridized carbons (Fsp3) is 0.443. The Balaban J connectivity index is 0.000000173. The first-order valence-electron chi connectivity index (χ1n) is 39.2. The Labute approximate surface area is 697 Å². The molecule has 0 bridgehead atoms. The Morgan fingerprint density at radius 2 is 1.02 bits per heavy atom. The number of aryl methyl sites for hydroxylation is 5. The summed E-state index contributed by atoms with van der Waals surface area (Å²) in [6.07, 6.45) is 27.1. The Kier molecular flexibility index (Phi) is 39.4. The molecule has 6 aromatic heterocycles. The minimum atomic E-state index is -0.844. The van der Waals surface area contributed by atoms with Crippen LogP contribution in [0.25, 0.3) is 11.8 Å². The van der Waals surface area contributed by atoms with Crippen LogP contribution in [0.4, 0.5) is 0 Å². The molecule has 5 aliphatic heterocycles. The summed E-state index contributed by atoms with van der Waals surface area (Å²) in [7, 11) is 22.7. The van der Waals surface area contributed by atoms with Gasteiger partial charge in [0, 0.05) is 247 Å². The number of rotatable bonds is 24. The highest BCUT2D eigenvalue weighted by atomic mass is 79.9. The number of aliphatic imine (C=N–C) groups is 1. The number of ether oxygens (including phenoxy) is 9. The molecule has 28 nitrogen and oxygen atoms in total. The van der Waals surface area contributed by atoms with E-state index in [4.69, 9.17) is 42.6 Å². The SMILES string of the molecule is COC(Cc1c(Br)cnn1C)OC.COC(Cc1c(C2(O)CCN(Cc3ccccc3)CC2)cnn1C)OC.COC(Cc1ccnn1C)OC.COC1Cc2c(cnn2C)C2(CCN(Cc3ccccc3)CC2)O1.COC=Cc1ccnn1C.O=C1CCN(Cc2ccccc2)CC1.O=CC1=CC=NC1.c1ccc(-n2cccn2)cc1. The number of benzene rings is 4. The van der Waals surface area contributed by atoms with Crippen molar-refractivity contribution >= 4 is 40.3 Å². The number of allylic oxidation sites excluding steroid dienone is 1. The van der Waals surface area contributed by atoms with E-state index in [2.05, 4.69) is 145 Å². The number of nitrogens with zero attached hydrogens (tertiary/aromatic N) is 16. The van der Waals surface area contributed by atoms with E-state index in [1.54, 1.807) is 116 Å². The van der Waals surface area contributed by atoms with Gasteiger partial charge in [0.1, 0.15) is 17.7 Å². The second-order valence-electron chi connectivity index (χ2n) is 28.5. The van der Waals surface area contributed by atoms with Gasteiger partial charge in [-0.3, -0.25) is 52.7 Å². The zero-order valence-electron chi connectivity index (χ0n) is 70.1. The number of methoxy groups -OCH3 is 8. The van der Waals surface area contributed by atoms with Crippen LogP contribution in [-0.2, 0) is 144 Å². The highest BCUT2D eigenvalue weighted by molar-refractivity contribution is 9.10. The van der Waals surface area contributed by atoms with Crippen molar-refractivity contribution < 1.29 is 57.3 Å². The van der Waals surface area contributed by atoms with Crippen LogP contribution in [0, 0.1) is 0 Å². The molecule has 10 aromatic rings. The molecule has 1 N–H and O–H groups in total. The maximum atomic E-state index is 11.3. The van der Waals surface area contributed by atoms with Crippen molar-refractivity contribution in [3.05, 3.63) is 262 Å². The van der Waals surface area contributed by atoms with Gasteiger partial charge in [0.2, 0.25) is 0 Å². The van der Waals surface area contributed by atoms with Crippen LogP contribution in [-0.4, -0.2) is 225 Å². The molecule has 1 atom stereocenters. The summed E-state index contributed by atoms with van der Waals surface area (Å²) in [5.74, 6) is 0.411. The molecule has 3 fully saturated rings. The van der Waals surface area contributed by atoms with Crippen LogP contribution in [0.1, 0.15) is 94.8 Å². The number of para-hydroxylation sites is 1. The minimum Gasteiger partial charge on any atom is -0.504 e. The smallest absolute Gasteiger partial charge is 0.163 e. The van der Waals surface area contributed by atoms with E-state index < -0.39 is 5.60 Å². The molecule has 29 heteroatoms. The Morgan fingerprint density at radius 1 is 0.530 bits per heavy atom. The van der Waals surface area contributed by atoms with Gasteiger partial charge in [-0.25, -0.2) is 4.68 Å². The van der Waals surface area contributed by atoms with Gasteiger partial charge in [-0.1, -0.05) is 109 Å². The number of aldehydes is 1. The molecule has 630 valence electrons. The van der Waals surface area contributed by atoms with Crippen molar-refractivity contribution in [1.29, 1.82) is 0 Å². The lowest BCUT2D eigenvalue weighted by Gasteiger charge is -2.45. The van der Waals surface area contributed by atoms with E-state index in [0.717, 1.165) is 148 Å². The van der Waals surface area contributed by atoms with E-state index >= 15 is 0 Å². The molecule has 0 saturated carbocycles. The third-order valence-electron chi connectivity index (χ3n) is 20.8. The van der Waals surface area contributed by atoms with E-state index in [1.807, 2.05) is 133 Å². The van der Waals surface area contributed by atoms with Gasteiger partial charge in [0.25, 0.3) is 0 Å². The monoisotopic (exact) mass is 1670 g/mol. The maximum absolute atomic E-state index is 11.3. The summed E-state index contributed by atoms with van der Waals surface area (Å²) in [6.45, 7) is 9.10. The number of piperidine rings is 3. The van der Waals surface area contributed by atoms with Gasteiger partial charge >= 0.3 is 0 Å². The van der Waals surface area contributed by atoms with Gasteiger partial charge in [0.15, 0.2) is 25.2 Å². The largest absolute Gasteiger partial charge is 0.504 e. The maximum Gasteiger partial charge on any atom is 0.163 e. The molecule has 0 aliphatic carbocycles. The van der Waals surface area contributed by atoms with Crippen LogP contribution in [0.5, 0.6) is 0 Å². The molecule has 15 rings (SSSR count). The standard InChI is InChI=1S/C20H29N3O3.C19H25N3O2.C12H15NO.C9H8N2.C8H13BrN2O2.C8H14N2O2.C7H10N2O.C5H5NO/c1-22-18(13-19(25-2)26-3)17(14-21-22)20(24)9-11-23(12-10-20)15-16-7-5-4-6-8-16;1-21-17-12-18(23-2)24-19(16(17)13-20-21)8-10-22(11-9-19)14-15-6-4-3-5-7-15;14-12-6-8-13(9-7-12)10-11-4-2-1-3-5-11;1-2-5-9(6-3-1)11-8-4-7-10-11;1-11-7(6(9)5-10-11)4-8(12-2)13-3;1-10-7(4-5-9-10)6-8(11-2)12-3;1-9-7(3-5-8-9)4-6-10-2;7-4-5-1-2-6-3-5/h4-8,14,19,24H,9-13,15H2,1-3H3;3-7,13,18H,8-12,14H2,1-2H3;1-5H,6-10H2;1-8H;5,8H,4H2,1-3H3;4-5,8H,6H2,1-3H3;3-6H,1-2H3;1-2,4H,3H2. The molecule has 3 saturated heterocycles. The van der Waals surface area contributed by atoms with Crippen LogP contribution >= 0.6 is 15.9 Å². The molecular weight excluding hydrogens is 1550 g/mol. The summed E-state index contributed by atoms with van der Waals surface area (Å²) < 4.78 is 59.7. The van der Waals surface area contributed by atoms with Gasteiger partial charge in [-0.2, -0.15) is 30.6 Å². The number of hydrogen-bond acceptors (Lipinski definition) is 22. The molecule has 5 aliphatic rings. The average Bonchev–Trinajstić information content (AvgIpc) is 1.69. The lowest BCUT2D eigenvalue weighted by molar-refractivity contribution is -0.228. The van der Waals surface area contributed by atoms with Crippen molar-refractivity contribution in [3.63, 3.8) is 0 Å². The average molecular weight is 1670 g/mol. The number of ketones is 1. The lowest BCUT2D eigenvalue weighted by Crippen LogP contribution is -2.49. The molecule has 117 heavy (non-hydrogen) atoms. The van der Waals surface area contributed by atoms with Crippen LogP contribution in [0.15, 0.2) is 210 Å². The van der Waals surface area contributed by atoms with Crippen LogP contribution in [0.3, 0.4) is 0 Å². The Hall–Kier alpha value is -9.57. The highest BCUT2D eigenvalue weighted by Crippen LogP contribution is 2.44. The third kappa shape index (κ3) is 29.5. The number of likely N-dealkylation sites (tertiary alicyclic amines) is 3. The van der Waals surface area contributed by atoms with Crippen molar-refractivity contribution in [2.45, 2.75) is 120 Å². The summed E-state index contributed by atoms with van der Waals surface area (Å²) >= 11 is 3.41. The molecule has 0 amide bonds. The normalized spacial score (nSPS) is 16.1. The predicted octanol–water partition coefficient (Wildman–Crippen LogP) is 11.4. The molecule has 11 heterocycles. The van der Waals surface area contributed by atoms with Gasteiger partial charge in [-0.15, -0.1) is 0 Å². The molecule has 0 radical (unpaired) electrons. The number of aromatic nitrogens is 12. The van der Waals surface area contributed by atoms with Crippen LogP contribution in [0.2, 0.25) is 0 Å².